The van der Waals surface area contributed by atoms with Crippen molar-refractivity contribution in [1.82, 2.24) is 0 Å². The summed E-state index contributed by atoms with van der Waals surface area (Å²) < 4.78 is 0. The minimum absolute atomic E-state index is 0.856. The van der Waals surface area contributed by atoms with Crippen LogP contribution in [0.15, 0.2) is 18.2 Å². The number of rotatable bonds is 3. The molecule has 88 valence electrons. The Hall–Kier alpha value is -1.18. The van der Waals surface area contributed by atoms with Crippen LogP contribution in [-0.2, 0) is 0 Å². The number of nitrogens with two attached hydrogens (primary N) is 1. The first-order valence-electron chi connectivity index (χ1n) is 6.36. The van der Waals surface area contributed by atoms with Crippen LogP contribution in [0.4, 0.5) is 11.4 Å². The maximum atomic E-state index is 5.89. The summed E-state index contributed by atoms with van der Waals surface area (Å²) in [5, 5.41) is 3.54. The maximum Gasteiger partial charge on any atom is 0.0390 e. The van der Waals surface area contributed by atoms with E-state index < -0.39 is 0 Å². The molecule has 1 aliphatic rings. The largest absolute Gasteiger partial charge is 0.398 e. The van der Waals surface area contributed by atoms with Crippen molar-refractivity contribution in [3.8, 4) is 0 Å². The van der Waals surface area contributed by atoms with Crippen molar-refractivity contribution in [2.75, 3.05) is 17.6 Å². The zero-order valence-electron chi connectivity index (χ0n) is 10.1. The molecule has 0 heterocycles. The van der Waals surface area contributed by atoms with E-state index in [1.807, 2.05) is 12.1 Å². The quantitative estimate of drug-likeness (QED) is 0.761. The zero-order chi connectivity index (χ0) is 11.4. The summed E-state index contributed by atoms with van der Waals surface area (Å²) in [4.78, 5) is 0. The minimum Gasteiger partial charge on any atom is -0.398 e. The lowest BCUT2D eigenvalue weighted by Crippen LogP contribution is -2.17. The van der Waals surface area contributed by atoms with Gasteiger partial charge < -0.3 is 11.1 Å². The standard InChI is InChI=1S/C14H22N2/c1-11-13(15)8-5-9-14(11)16-10-12-6-3-2-4-7-12/h5,8-9,12,16H,2-4,6-7,10,15H2,1H3. The summed E-state index contributed by atoms with van der Waals surface area (Å²) in [6.07, 6.45) is 7.00. The SMILES string of the molecule is Cc1c(N)cccc1NCC1CCCCC1. The van der Waals surface area contributed by atoms with E-state index in [1.54, 1.807) is 0 Å². The molecule has 0 spiro atoms. The molecule has 1 saturated carbocycles. The van der Waals surface area contributed by atoms with Crippen molar-refractivity contribution in [3.63, 3.8) is 0 Å². The van der Waals surface area contributed by atoms with Crippen LogP contribution in [0.2, 0.25) is 0 Å². The molecule has 0 amide bonds. The molecule has 2 heteroatoms. The predicted molar refractivity (Wildman–Crippen MR) is 70.7 cm³/mol. The van der Waals surface area contributed by atoms with Crippen molar-refractivity contribution in [3.05, 3.63) is 23.8 Å². The van der Waals surface area contributed by atoms with Gasteiger partial charge in [0.2, 0.25) is 0 Å². The van der Waals surface area contributed by atoms with Gasteiger partial charge in [-0.25, -0.2) is 0 Å². The van der Waals surface area contributed by atoms with Crippen molar-refractivity contribution >= 4 is 11.4 Å². The van der Waals surface area contributed by atoms with Crippen LogP contribution in [0.1, 0.15) is 37.7 Å². The van der Waals surface area contributed by atoms with Crippen molar-refractivity contribution in [2.24, 2.45) is 5.92 Å². The highest BCUT2D eigenvalue weighted by molar-refractivity contribution is 5.62. The van der Waals surface area contributed by atoms with E-state index in [1.165, 1.54) is 43.4 Å². The maximum absolute atomic E-state index is 5.89. The van der Waals surface area contributed by atoms with Crippen LogP contribution < -0.4 is 11.1 Å². The summed E-state index contributed by atoms with van der Waals surface area (Å²) in [7, 11) is 0. The van der Waals surface area contributed by atoms with Gasteiger partial charge in [-0.3, -0.25) is 0 Å². The fourth-order valence-corrected chi connectivity index (χ4v) is 2.49. The highest BCUT2D eigenvalue weighted by Crippen LogP contribution is 2.25. The third-order valence-electron chi connectivity index (χ3n) is 3.68. The topological polar surface area (TPSA) is 38.0 Å². The first kappa shape index (κ1) is 11.3. The molecule has 3 N–H and O–H groups in total. The molecule has 1 aromatic rings. The first-order chi connectivity index (χ1) is 7.77. The van der Waals surface area contributed by atoms with Gasteiger partial charge in [0.05, 0.1) is 0 Å². The third-order valence-corrected chi connectivity index (χ3v) is 3.68. The van der Waals surface area contributed by atoms with Crippen LogP contribution >= 0.6 is 0 Å². The normalized spacial score (nSPS) is 17.3. The van der Waals surface area contributed by atoms with E-state index in [2.05, 4.69) is 18.3 Å². The molecule has 0 aromatic heterocycles. The van der Waals surface area contributed by atoms with Gasteiger partial charge in [-0.05, 0) is 43.4 Å². The van der Waals surface area contributed by atoms with E-state index in [0.29, 0.717) is 0 Å². The monoisotopic (exact) mass is 218 g/mol. The van der Waals surface area contributed by atoms with Gasteiger partial charge in [-0.15, -0.1) is 0 Å². The van der Waals surface area contributed by atoms with Crippen molar-refractivity contribution in [2.45, 2.75) is 39.0 Å². The lowest BCUT2D eigenvalue weighted by Gasteiger charge is -2.23. The Kier molecular flexibility index (Phi) is 3.70. The number of benzene rings is 1. The summed E-state index contributed by atoms with van der Waals surface area (Å²) in [6.45, 7) is 3.18. The van der Waals surface area contributed by atoms with Gasteiger partial charge in [0.1, 0.15) is 0 Å². The molecule has 0 unspecified atom stereocenters. The van der Waals surface area contributed by atoms with Gasteiger partial charge >= 0.3 is 0 Å². The summed E-state index contributed by atoms with van der Waals surface area (Å²) in [6, 6.07) is 6.10. The third kappa shape index (κ3) is 2.69. The molecule has 1 aliphatic carbocycles. The van der Waals surface area contributed by atoms with Crippen LogP contribution in [0, 0.1) is 12.8 Å². The second-order valence-electron chi connectivity index (χ2n) is 4.90. The molecule has 2 nitrogen and oxygen atoms in total. The smallest absolute Gasteiger partial charge is 0.0390 e. The van der Waals surface area contributed by atoms with Gasteiger partial charge in [-0.1, -0.05) is 25.3 Å². The van der Waals surface area contributed by atoms with E-state index in [9.17, 15) is 0 Å². The molecular formula is C14H22N2. The van der Waals surface area contributed by atoms with E-state index >= 15 is 0 Å². The average Bonchev–Trinajstić information content (AvgIpc) is 2.32. The second kappa shape index (κ2) is 5.24. The first-order valence-corrected chi connectivity index (χ1v) is 6.36. The molecule has 16 heavy (non-hydrogen) atoms. The van der Waals surface area contributed by atoms with Crippen LogP contribution in [0.5, 0.6) is 0 Å². The predicted octanol–water partition coefficient (Wildman–Crippen LogP) is 3.57. The Morgan fingerprint density at radius 2 is 2.00 bits per heavy atom. The lowest BCUT2D eigenvalue weighted by molar-refractivity contribution is 0.373. The molecule has 0 radical (unpaired) electrons. The van der Waals surface area contributed by atoms with Crippen LogP contribution in [0.25, 0.3) is 0 Å². The molecule has 0 bridgehead atoms. The molecule has 2 rings (SSSR count). The van der Waals surface area contributed by atoms with E-state index in [4.69, 9.17) is 5.73 Å². The Balaban J connectivity index is 1.91. The highest BCUT2D eigenvalue weighted by atomic mass is 14.9. The number of nitrogens with one attached hydrogen (secondary N) is 1. The van der Waals surface area contributed by atoms with E-state index in [0.717, 1.165) is 18.2 Å². The molecule has 1 aromatic carbocycles. The Morgan fingerprint density at radius 3 is 2.75 bits per heavy atom. The fourth-order valence-electron chi connectivity index (χ4n) is 2.49. The number of anilines is 2. The van der Waals surface area contributed by atoms with Gasteiger partial charge in [0.25, 0.3) is 0 Å². The summed E-state index contributed by atoms with van der Waals surface area (Å²) >= 11 is 0. The Morgan fingerprint density at radius 1 is 1.25 bits per heavy atom. The molecule has 0 atom stereocenters. The van der Waals surface area contributed by atoms with Crippen molar-refractivity contribution in [1.29, 1.82) is 0 Å². The second-order valence-corrected chi connectivity index (χ2v) is 4.90. The van der Waals surface area contributed by atoms with Gasteiger partial charge in [-0.2, -0.15) is 0 Å². The molecule has 0 aliphatic heterocycles. The van der Waals surface area contributed by atoms with Gasteiger partial charge in [0.15, 0.2) is 0 Å². The van der Waals surface area contributed by atoms with Crippen molar-refractivity contribution < 1.29 is 0 Å². The minimum atomic E-state index is 0.856. The van der Waals surface area contributed by atoms with Crippen LogP contribution in [-0.4, -0.2) is 6.54 Å². The summed E-state index contributed by atoms with van der Waals surface area (Å²) in [5.74, 6) is 0.856. The zero-order valence-corrected chi connectivity index (χ0v) is 10.1. The highest BCUT2D eigenvalue weighted by Gasteiger charge is 2.13. The van der Waals surface area contributed by atoms with Gasteiger partial charge in [0, 0.05) is 17.9 Å². The summed E-state index contributed by atoms with van der Waals surface area (Å²) in [5.41, 5.74) is 9.15. The number of nitrogen functional groups attached to an aromatic ring is 1. The number of hydrogen-bond acceptors (Lipinski definition) is 2. The van der Waals surface area contributed by atoms with Crippen LogP contribution in [0.3, 0.4) is 0 Å². The average molecular weight is 218 g/mol. The molecule has 0 saturated heterocycles. The fraction of sp³-hybridized carbons (Fsp3) is 0.571. The lowest BCUT2D eigenvalue weighted by atomic mass is 9.89. The van der Waals surface area contributed by atoms with E-state index in [-0.39, 0.29) is 0 Å². The molecule has 1 fully saturated rings. The number of hydrogen-bond donors (Lipinski definition) is 2. The Bertz CT molecular complexity index is 341. The Labute approximate surface area is 98.2 Å². The molecular weight excluding hydrogens is 196 g/mol.